The number of alkyl carbamates (subject to hydrolysis) is 1. The van der Waals surface area contributed by atoms with Crippen molar-refractivity contribution in [3.05, 3.63) is 33.8 Å². The molecule has 0 unspecified atom stereocenters. The van der Waals surface area contributed by atoms with Crippen LogP contribution in [-0.4, -0.2) is 16.9 Å². The van der Waals surface area contributed by atoms with Crippen molar-refractivity contribution in [3.63, 3.8) is 0 Å². The van der Waals surface area contributed by atoms with Crippen molar-refractivity contribution in [1.29, 1.82) is 5.41 Å². The number of rotatable bonds is 3. The molecule has 0 bridgehead atoms. The number of amides is 1. The SMILES string of the molecule is CC(C)(C)OC(=O)NCc1cc(C(=N)Cl)ccc1Br. The van der Waals surface area contributed by atoms with Gasteiger partial charge >= 0.3 is 6.09 Å². The summed E-state index contributed by atoms with van der Waals surface area (Å²) in [6.45, 7) is 5.71. The molecule has 0 atom stereocenters. The summed E-state index contributed by atoms with van der Waals surface area (Å²) in [5.74, 6) is 0. The number of carbonyl (C=O) groups is 1. The van der Waals surface area contributed by atoms with Gasteiger partial charge in [0.05, 0.1) is 0 Å². The minimum absolute atomic E-state index is 0.0361. The highest BCUT2D eigenvalue weighted by Gasteiger charge is 2.16. The Morgan fingerprint density at radius 2 is 2.11 bits per heavy atom. The molecule has 0 fully saturated rings. The predicted octanol–water partition coefficient (Wildman–Crippen LogP) is 4.04. The maximum absolute atomic E-state index is 11.5. The van der Waals surface area contributed by atoms with Crippen molar-refractivity contribution in [2.45, 2.75) is 32.9 Å². The zero-order valence-corrected chi connectivity index (χ0v) is 13.4. The first-order valence-corrected chi connectivity index (χ1v) is 6.86. The van der Waals surface area contributed by atoms with Crippen LogP contribution in [0.15, 0.2) is 22.7 Å². The zero-order valence-electron chi connectivity index (χ0n) is 11.0. The van der Waals surface area contributed by atoms with Crippen molar-refractivity contribution in [1.82, 2.24) is 5.32 Å². The highest BCUT2D eigenvalue weighted by molar-refractivity contribution is 9.10. The Kier molecular flexibility index (Phi) is 5.38. The normalized spacial score (nSPS) is 11.0. The van der Waals surface area contributed by atoms with Crippen molar-refractivity contribution in [3.8, 4) is 0 Å². The van der Waals surface area contributed by atoms with Gasteiger partial charge in [0.1, 0.15) is 10.8 Å². The number of ether oxygens (including phenoxy) is 1. The second kappa shape index (κ2) is 6.39. The van der Waals surface area contributed by atoms with Crippen LogP contribution in [0, 0.1) is 5.41 Å². The summed E-state index contributed by atoms with van der Waals surface area (Å²) < 4.78 is 5.98. The Hall–Kier alpha value is -1.07. The standard InChI is InChI=1S/C13H16BrClN2O2/c1-13(2,3)19-12(18)17-7-9-6-8(11(15)16)4-5-10(9)14/h4-6,16H,7H2,1-3H3,(H,17,18). The maximum Gasteiger partial charge on any atom is 0.407 e. The van der Waals surface area contributed by atoms with Gasteiger partial charge in [-0.3, -0.25) is 5.41 Å². The van der Waals surface area contributed by atoms with E-state index in [9.17, 15) is 4.79 Å². The molecule has 19 heavy (non-hydrogen) atoms. The lowest BCUT2D eigenvalue weighted by Crippen LogP contribution is -2.32. The highest BCUT2D eigenvalue weighted by Crippen LogP contribution is 2.19. The Morgan fingerprint density at radius 1 is 1.47 bits per heavy atom. The molecule has 0 heterocycles. The molecule has 1 amide bonds. The summed E-state index contributed by atoms with van der Waals surface area (Å²) in [5, 5.41) is 10.00. The molecule has 1 rings (SSSR count). The molecular formula is C13H16BrClN2O2. The fourth-order valence-corrected chi connectivity index (χ4v) is 1.83. The number of nitrogens with one attached hydrogen (secondary N) is 2. The molecule has 0 aliphatic rings. The van der Waals surface area contributed by atoms with E-state index in [0.717, 1.165) is 10.0 Å². The van der Waals surface area contributed by atoms with Crippen molar-refractivity contribution in [2.24, 2.45) is 0 Å². The fraction of sp³-hybridized carbons (Fsp3) is 0.385. The third-order valence-corrected chi connectivity index (χ3v) is 3.11. The molecular weight excluding hydrogens is 332 g/mol. The average Bonchev–Trinajstić information content (AvgIpc) is 2.25. The van der Waals surface area contributed by atoms with E-state index in [0.29, 0.717) is 12.1 Å². The van der Waals surface area contributed by atoms with Crippen molar-refractivity contribution in [2.75, 3.05) is 0 Å². The molecule has 0 spiro atoms. The first-order valence-electron chi connectivity index (χ1n) is 5.69. The van der Waals surface area contributed by atoms with Gasteiger partial charge in [-0.2, -0.15) is 0 Å². The first-order chi connectivity index (χ1) is 8.69. The second-order valence-electron chi connectivity index (χ2n) is 4.98. The zero-order chi connectivity index (χ0) is 14.6. The lowest BCUT2D eigenvalue weighted by Gasteiger charge is -2.19. The first kappa shape index (κ1) is 16.0. The van der Waals surface area contributed by atoms with E-state index in [1.807, 2.05) is 0 Å². The fourth-order valence-electron chi connectivity index (χ4n) is 1.33. The number of hydrogen-bond acceptors (Lipinski definition) is 3. The molecule has 4 nitrogen and oxygen atoms in total. The van der Waals surface area contributed by atoms with Crippen LogP contribution in [0.4, 0.5) is 4.79 Å². The van der Waals surface area contributed by atoms with Gasteiger partial charge in [0.15, 0.2) is 0 Å². The van der Waals surface area contributed by atoms with Crippen LogP contribution in [-0.2, 0) is 11.3 Å². The number of carbonyl (C=O) groups excluding carboxylic acids is 1. The van der Waals surface area contributed by atoms with E-state index in [4.69, 9.17) is 21.7 Å². The molecule has 1 aromatic rings. The Balaban J connectivity index is 2.70. The summed E-state index contributed by atoms with van der Waals surface area (Å²) in [4.78, 5) is 11.5. The highest BCUT2D eigenvalue weighted by atomic mass is 79.9. The van der Waals surface area contributed by atoms with Crippen LogP contribution in [0.1, 0.15) is 31.9 Å². The van der Waals surface area contributed by atoms with Gasteiger partial charge in [0, 0.05) is 16.6 Å². The van der Waals surface area contributed by atoms with Crippen LogP contribution in [0.3, 0.4) is 0 Å². The van der Waals surface area contributed by atoms with Crippen LogP contribution < -0.4 is 5.32 Å². The minimum atomic E-state index is -0.526. The topological polar surface area (TPSA) is 62.2 Å². The maximum atomic E-state index is 11.5. The molecule has 6 heteroatoms. The van der Waals surface area contributed by atoms with Crippen LogP contribution in [0.2, 0.25) is 0 Å². The average molecular weight is 348 g/mol. The predicted molar refractivity (Wildman–Crippen MR) is 79.9 cm³/mol. The van der Waals surface area contributed by atoms with Gasteiger partial charge in [-0.1, -0.05) is 33.6 Å². The van der Waals surface area contributed by atoms with Gasteiger partial charge < -0.3 is 10.1 Å². The van der Waals surface area contributed by atoms with E-state index in [-0.39, 0.29) is 5.17 Å². The third-order valence-electron chi connectivity index (χ3n) is 2.12. The van der Waals surface area contributed by atoms with E-state index < -0.39 is 11.7 Å². The molecule has 0 aliphatic heterocycles. The number of hydrogen-bond donors (Lipinski definition) is 2. The van der Waals surface area contributed by atoms with Crippen LogP contribution in [0.25, 0.3) is 0 Å². The van der Waals surface area contributed by atoms with E-state index in [2.05, 4.69) is 21.2 Å². The van der Waals surface area contributed by atoms with E-state index >= 15 is 0 Å². The monoisotopic (exact) mass is 346 g/mol. The summed E-state index contributed by atoms with van der Waals surface area (Å²) in [6, 6.07) is 5.27. The smallest absolute Gasteiger partial charge is 0.407 e. The molecule has 0 radical (unpaired) electrons. The second-order valence-corrected chi connectivity index (χ2v) is 6.21. The summed E-state index contributed by atoms with van der Waals surface area (Å²) >= 11 is 9.02. The number of halogens is 2. The van der Waals surface area contributed by atoms with Crippen LogP contribution in [0.5, 0.6) is 0 Å². The van der Waals surface area contributed by atoms with E-state index in [1.54, 1.807) is 39.0 Å². The van der Waals surface area contributed by atoms with Gasteiger partial charge in [0.2, 0.25) is 0 Å². The molecule has 1 aromatic carbocycles. The van der Waals surface area contributed by atoms with E-state index in [1.165, 1.54) is 0 Å². The molecule has 0 saturated carbocycles. The quantitative estimate of drug-likeness (QED) is 0.811. The Morgan fingerprint density at radius 3 is 2.63 bits per heavy atom. The van der Waals surface area contributed by atoms with Gasteiger partial charge in [-0.25, -0.2) is 4.79 Å². The van der Waals surface area contributed by atoms with Crippen molar-refractivity contribution >= 4 is 38.8 Å². The van der Waals surface area contributed by atoms with Gasteiger partial charge in [-0.05, 0) is 38.5 Å². The van der Waals surface area contributed by atoms with Gasteiger partial charge in [-0.15, -0.1) is 0 Å². The lowest BCUT2D eigenvalue weighted by atomic mass is 10.1. The summed E-state index contributed by atoms with van der Waals surface area (Å²) in [5.41, 5.74) is 0.904. The summed E-state index contributed by atoms with van der Waals surface area (Å²) in [6.07, 6.45) is -0.481. The molecule has 104 valence electrons. The largest absolute Gasteiger partial charge is 0.444 e. The molecule has 0 aliphatic carbocycles. The lowest BCUT2D eigenvalue weighted by molar-refractivity contribution is 0.0523. The third kappa shape index (κ3) is 5.61. The van der Waals surface area contributed by atoms with Crippen LogP contribution >= 0.6 is 27.5 Å². The number of benzene rings is 1. The Labute approximate surface area is 126 Å². The minimum Gasteiger partial charge on any atom is -0.444 e. The molecule has 2 N–H and O–H groups in total. The van der Waals surface area contributed by atoms with Crippen molar-refractivity contribution < 1.29 is 9.53 Å². The summed E-state index contributed by atoms with van der Waals surface area (Å²) in [7, 11) is 0. The Bertz CT molecular complexity index is 498. The van der Waals surface area contributed by atoms with Gasteiger partial charge in [0.25, 0.3) is 0 Å². The molecule has 0 aromatic heterocycles. The molecule has 0 saturated heterocycles.